The average Bonchev–Trinajstić information content (AvgIpc) is 2.33. The van der Waals surface area contributed by atoms with E-state index >= 15 is 0 Å². The third kappa shape index (κ3) is 2.90. The Kier molecular flexibility index (Phi) is 4.35. The van der Waals surface area contributed by atoms with Crippen LogP contribution in [0.15, 0.2) is 45.3 Å². The lowest BCUT2D eigenvalue weighted by Crippen LogP contribution is -2.01. The predicted molar refractivity (Wildman–Crippen MR) is 72.5 cm³/mol. The van der Waals surface area contributed by atoms with Crippen LogP contribution in [0, 0.1) is 11.6 Å². The first-order valence-electron chi connectivity index (χ1n) is 5.09. The molecule has 2 rings (SSSR count). The molecule has 18 heavy (non-hydrogen) atoms. The Morgan fingerprint density at radius 2 is 1.56 bits per heavy atom. The smallest absolute Gasteiger partial charge is 0.165 e. The fourth-order valence-electron chi connectivity index (χ4n) is 1.43. The van der Waals surface area contributed by atoms with Crippen LogP contribution in [0.1, 0.15) is 5.56 Å². The Hall–Kier alpha value is -0.940. The summed E-state index contributed by atoms with van der Waals surface area (Å²) in [5, 5.41) is 0. The average molecular weight is 378 g/mol. The molecule has 0 aromatic heterocycles. The van der Waals surface area contributed by atoms with Crippen LogP contribution in [0.25, 0.3) is 0 Å². The number of benzene rings is 2. The quantitative estimate of drug-likeness (QED) is 0.725. The summed E-state index contributed by atoms with van der Waals surface area (Å²) in [6, 6.07) is 9.47. The number of hydrogen-bond acceptors (Lipinski definition) is 1. The third-order valence-corrected chi connectivity index (χ3v) is 3.57. The Labute approximate surface area is 120 Å². The van der Waals surface area contributed by atoms with E-state index in [2.05, 4.69) is 31.9 Å². The zero-order valence-electron chi connectivity index (χ0n) is 9.09. The van der Waals surface area contributed by atoms with Gasteiger partial charge >= 0.3 is 0 Å². The molecule has 0 aliphatic carbocycles. The van der Waals surface area contributed by atoms with E-state index in [1.807, 2.05) is 18.2 Å². The molecule has 0 unspecified atom stereocenters. The molecule has 0 fully saturated rings. The minimum absolute atomic E-state index is 0.0369. The number of rotatable bonds is 3. The number of halogens is 4. The molecule has 0 saturated carbocycles. The molecule has 0 bridgehead atoms. The van der Waals surface area contributed by atoms with Crippen molar-refractivity contribution >= 4 is 31.9 Å². The summed E-state index contributed by atoms with van der Waals surface area (Å²) in [6.45, 7) is -0.0369. The van der Waals surface area contributed by atoms with Crippen LogP contribution in [-0.2, 0) is 6.61 Å². The SMILES string of the molecule is Fc1cccc(COc2c(Br)cccc2Br)c1F. The highest BCUT2D eigenvalue weighted by atomic mass is 79.9. The summed E-state index contributed by atoms with van der Waals surface area (Å²) in [6.07, 6.45) is 0. The van der Waals surface area contributed by atoms with Crippen molar-refractivity contribution in [3.63, 3.8) is 0 Å². The number of hydrogen-bond donors (Lipinski definition) is 0. The van der Waals surface area contributed by atoms with Crippen molar-refractivity contribution in [3.05, 3.63) is 62.5 Å². The molecule has 0 aliphatic heterocycles. The van der Waals surface area contributed by atoms with E-state index in [0.717, 1.165) is 15.0 Å². The van der Waals surface area contributed by atoms with E-state index in [0.29, 0.717) is 5.75 Å². The highest BCUT2D eigenvalue weighted by molar-refractivity contribution is 9.11. The second-order valence-electron chi connectivity index (χ2n) is 3.55. The van der Waals surface area contributed by atoms with E-state index in [1.54, 1.807) is 0 Å². The maximum Gasteiger partial charge on any atom is 0.165 e. The largest absolute Gasteiger partial charge is 0.486 e. The molecular formula is C13H8Br2F2O. The van der Waals surface area contributed by atoms with E-state index < -0.39 is 11.6 Å². The molecule has 5 heteroatoms. The number of ether oxygens (including phenoxy) is 1. The Morgan fingerprint density at radius 1 is 0.944 bits per heavy atom. The van der Waals surface area contributed by atoms with Gasteiger partial charge in [-0.15, -0.1) is 0 Å². The summed E-state index contributed by atoms with van der Waals surface area (Å²) in [7, 11) is 0. The van der Waals surface area contributed by atoms with Crippen molar-refractivity contribution in [3.8, 4) is 5.75 Å². The van der Waals surface area contributed by atoms with E-state index in [-0.39, 0.29) is 12.2 Å². The molecule has 94 valence electrons. The molecule has 2 aromatic carbocycles. The molecule has 0 radical (unpaired) electrons. The second-order valence-corrected chi connectivity index (χ2v) is 5.26. The van der Waals surface area contributed by atoms with Crippen molar-refractivity contribution in [2.75, 3.05) is 0 Å². The van der Waals surface area contributed by atoms with E-state index in [4.69, 9.17) is 4.74 Å². The van der Waals surface area contributed by atoms with Gasteiger partial charge in [-0.3, -0.25) is 0 Å². The molecule has 0 N–H and O–H groups in total. The van der Waals surface area contributed by atoms with Crippen LogP contribution in [-0.4, -0.2) is 0 Å². The molecule has 0 saturated heterocycles. The number of para-hydroxylation sites is 1. The molecule has 0 amide bonds. The van der Waals surface area contributed by atoms with E-state index in [9.17, 15) is 8.78 Å². The van der Waals surface area contributed by atoms with Crippen LogP contribution < -0.4 is 4.74 Å². The van der Waals surface area contributed by atoms with Gasteiger partial charge in [0.2, 0.25) is 0 Å². The van der Waals surface area contributed by atoms with Crippen LogP contribution in [0.4, 0.5) is 8.78 Å². The summed E-state index contributed by atoms with van der Waals surface area (Å²) >= 11 is 6.66. The van der Waals surface area contributed by atoms with Crippen molar-refractivity contribution < 1.29 is 13.5 Å². The maximum atomic E-state index is 13.4. The first-order valence-corrected chi connectivity index (χ1v) is 6.68. The molecule has 0 heterocycles. The van der Waals surface area contributed by atoms with Gasteiger partial charge in [-0.05, 0) is 50.1 Å². The Morgan fingerprint density at radius 3 is 2.22 bits per heavy atom. The fraction of sp³-hybridized carbons (Fsp3) is 0.0769. The summed E-state index contributed by atoms with van der Waals surface area (Å²) < 4.78 is 33.4. The minimum atomic E-state index is -0.874. The van der Waals surface area contributed by atoms with Gasteiger partial charge in [0, 0.05) is 5.56 Å². The standard InChI is InChI=1S/C13H8Br2F2O/c14-9-4-2-5-10(15)13(9)18-7-8-3-1-6-11(16)12(8)17/h1-6H,7H2. The Balaban J connectivity index is 2.19. The van der Waals surface area contributed by atoms with Gasteiger partial charge in [-0.2, -0.15) is 0 Å². The minimum Gasteiger partial charge on any atom is -0.486 e. The topological polar surface area (TPSA) is 9.23 Å². The summed E-state index contributed by atoms with van der Waals surface area (Å²) in [4.78, 5) is 0. The van der Waals surface area contributed by atoms with Crippen molar-refractivity contribution in [1.82, 2.24) is 0 Å². The van der Waals surface area contributed by atoms with Gasteiger partial charge in [0.05, 0.1) is 8.95 Å². The lowest BCUT2D eigenvalue weighted by atomic mass is 10.2. The van der Waals surface area contributed by atoms with Gasteiger partial charge < -0.3 is 4.74 Å². The van der Waals surface area contributed by atoms with Crippen LogP contribution >= 0.6 is 31.9 Å². The zero-order valence-corrected chi connectivity index (χ0v) is 12.3. The fourth-order valence-corrected chi connectivity index (χ4v) is 2.66. The monoisotopic (exact) mass is 376 g/mol. The van der Waals surface area contributed by atoms with Gasteiger partial charge in [-0.1, -0.05) is 18.2 Å². The van der Waals surface area contributed by atoms with Gasteiger partial charge in [0.25, 0.3) is 0 Å². The molecule has 0 spiro atoms. The van der Waals surface area contributed by atoms with E-state index in [1.165, 1.54) is 12.1 Å². The lowest BCUT2D eigenvalue weighted by Gasteiger charge is -2.10. The van der Waals surface area contributed by atoms with Crippen LogP contribution in [0.3, 0.4) is 0 Å². The normalized spacial score (nSPS) is 10.4. The van der Waals surface area contributed by atoms with Crippen molar-refractivity contribution in [2.24, 2.45) is 0 Å². The lowest BCUT2D eigenvalue weighted by molar-refractivity contribution is 0.293. The van der Waals surface area contributed by atoms with Gasteiger partial charge in [-0.25, -0.2) is 8.78 Å². The summed E-state index contributed by atoms with van der Waals surface area (Å²) in [5.41, 5.74) is 0.178. The van der Waals surface area contributed by atoms with Crippen molar-refractivity contribution in [2.45, 2.75) is 6.61 Å². The Bertz CT molecular complexity index is 553. The van der Waals surface area contributed by atoms with Gasteiger partial charge in [0.15, 0.2) is 11.6 Å². The molecule has 1 nitrogen and oxygen atoms in total. The predicted octanol–water partition coefficient (Wildman–Crippen LogP) is 5.07. The first kappa shape index (κ1) is 13.5. The molecular weight excluding hydrogens is 370 g/mol. The van der Waals surface area contributed by atoms with Crippen LogP contribution in [0.2, 0.25) is 0 Å². The van der Waals surface area contributed by atoms with Gasteiger partial charge in [0.1, 0.15) is 12.4 Å². The summed E-state index contributed by atoms with van der Waals surface area (Å²) in [5.74, 6) is -1.19. The zero-order chi connectivity index (χ0) is 13.1. The third-order valence-electron chi connectivity index (χ3n) is 2.32. The molecule has 0 aliphatic rings. The highest BCUT2D eigenvalue weighted by Gasteiger charge is 2.10. The highest BCUT2D eigenvalue weighted by Crippen LogP contribution is 2.33. The van der Waals surface area contributed by atoms with Crippen LogP contribution in [0.5, 0.6) is 5.75 Å². The van der Waals surface area contributed by atoms with Crippen molar-refractivity contribution in [1.29, 1.82) is 0 Å². The first-order chi connectivity index (χ1) is 8.59. The maximum absolute atomic E-state index is 13.4. The molecule has 0 atom stereocenters. The second kappa shape index (κ2) is 5.80. The molecule has 2 aromatic rings.